The van der Waals surface area contributed by atoms with E-state index in [0.717, 1.165) is 38.5 Å². The molecule has 1 heterocycles. The van der Waals surface area contributed by atoms with E-state index in [0.29, 0.717) is 18.8 Å². The van der Waals surface area contributed by atoms with Gasteiger partial charge in [-0.1, -0.05) is 31.3 Å². The van der Waals surface area contributed by atoms with E-state index in [1.165, 1.54) is 0 Å². The third-order valence-corrected chi connectivity index (χ3v) is 4.51. The average molecular weight is 321 g/mol. The van der Waals surface area contributed by atoms with Crippen LogP contribution >= 0.6 is 0 Å². The van der Waals surface area contributed by atoms with Gasteiger partial charge in [0.15, 0.2) is 5.76 Å². The van der Waals surface area contributed by atoms with Crippen LogP contribution in [0, 0.1) is 11.8 Å². The third-order valence-electron chi connectivity index (χ3n) is 4.51. The summed E-state index contributed by atoms with van der Waals surface area (Å²) in [4.78, 5) is 26.8. The van der Waals surface area contributed by atoms with Crippen molar-refractivity contribution in [1.29, 1.82) is 0 Å². The average Bonchev–Trinajstić information content (AvgIpc) is 3.07. The van der Waals surface area contributed by atoms with Crippen LogP contribution in [-0.2, 0) is 16.1 Å². The number of unbranched alkanes of at least 4 members (excludes halogenated alkanes) is 1. The second-order valence-electron chi connectivity index (χ2n) is 6.32. The number of carbonyl (C=O) groups excluding carboxylic acids is 2. The zero-order valence-electron chi connectivity index (χ0n) is 14.1. The van der Waals surface area contributed by atoms with E-state index in [1.54, 1.807) is 24.2 Å². The fourth-order valence-corrected chi connectivity index (χ4v) is 3.18. The minimum atomic E-state index is -0.224. The highest BCUT2D eigenvalue weighted by atomic mass is 16.5. The highest BCUT2D eigenvalue weighted by Gasteiger charge is 2.37. The van der Waals surface area contributed by atoms with Gasteiger partial charge in [0.25, 0.3) is 0 Å². The Hall–Kier alpha value is -1.85. The first-order chi connectivity index (χ1) is 11.1. The number of hydrogen-bond donors (Lipinski definition) is 1. The Morgan fingerprint density at radius 1 is 1.35 bits per heavy atom. The van der Waals surface area contributed by atoms with Crippen molar-refractivity contribution in [2.75, 3.05) is 13.6 Å². The normalized spacial score (nSPS) is 21.0. The summed E-state index contributed by atoms with van der Waals surface area (Å²) in [7, 11) is 1.76. The van der Waals surface area contributed by atoms with Crippen molar-refractivity contribution in [3.63, 3.8) is 0 Å². The van der Waals surface area contributed by atoms with Crippen LogP contribution in [0.5, 0.6) is 0 Å². The maximum absolute atomic E-state index is 12.8. The van der Waals surface area contributed by atoms with Gasteiger partial charge in [-0.05, 0) is 19.3 Å². The Bertz CT molecular complexity index is 501. The van der Waals surface area contributed by atoms with Crippen LogP contribution in [0.3, 0.4) is 0 Å². The van der Waals surface area contributed by atoms with E-state index in [4.69, 9.17) is 4.52 Å². The van der Waals surface area contributed by atoms with Crippen LogP contribution in [0.15, 0.2) is 16.8 Å². The fourth-order valence-electron chi connectivity index (χ4n) is 3.18. The highest BCUT2D eigenvalue weighted by molar-refractivity contribution is 5.87. The lowest BCUT2D eigenvalue weighted by molar-refractivity contribution is -0.143. The summed E-state index contributed by atoms with van der Waals surface area (Å²) in [5.41, 5.74) is 0. The number of aromatic nitrogens is 1. The lowest BCUT2D eigenvalue weighted by atomic mass is 9.78. The Labute approximate surface area is 137 Å². The maximum atomic E-state index is 12.8. The Kier molecular flexibility index (Phi) is 6.62. The van der Waals surface area contributed by atoms with Crippen LogP contribution in [0.1, 0.15) is 51.2 Å². The summed E-state index contributed by atoms with van der Waals surface area (Å²) >= 11 is 0. The molecule has 0 aromatic carbocycles. The fraction of sp³-hybridized carbons (Fsp3) is 0.706. The van der Waals surface area contributed by atoms with Gasteiger partial charge < -0.3 is 14.7 Å². The third kappa shape index (κ3) is 4.81. The van der Waals surface area contributed by atoms with Crippen LogP contribution in [0.25, 0.3) is 0 Å². The van der Waals surface area contributed by atoms with Gasteiger partial charge >= 0.3 is 0 Å². The van der Waals surface area contributed by atoms with Gasteiger partial charge in [-0.2, -0.15) is 0 Å². The van der Waals surface area contributed by atoms with Crippen molar-refractivity contribution < 1.29 is 14.1 Å². The SMILES string of the molecule is CCCCNC(=O)[C@@H]1CCCC[C@@H]1C(=O)N(C)Cc1ccno1. The number of hydrogen-bond acceptors (Lipinski definition) is 4. The molecule has 6 heteroatoms. The molecule has 0 radical (unpaired) electrons. The van der Waals surface area contributed by atoms with Crippen LogP contribution in [0.2, 0.25) is 0 Å². The van der Waals surface area contributed by atoms with Gasteiger partial charge in [0, 0.05) is 31.5 Å². The summed E-state index contributed by atoms with van der Waals surface area (Å²) in [6.07, 6.45) is 7.19. The van der Waals surface area contributed by atoms with Gasteiger partial charge in [0.2, 0.25) is 11.8 Å². The summed E-state index contributed by atoms with van der Waals surface area (Å²) in [5.74, 6) is 0.283. The highest BCUT2D eigenvalue weighted by Crippen LogP contribution is 2.31. The van der Waals surface area contributed by atoms with Crippen LogP contribution in [-0.4, -0.2) is 35.5 Å². The lowest BCUT2D eigenvalue weighted by Gasteiger charge is -2.32. The first-order valence-electron chi connectivity index (χ1n) is 8.55. The van der Waals surface area contributed by atoms with E-state index in [9.17, 15) is 9.59 Å². The molecule has 6 nitrogen and oxygen atoms in total. The van der Waals surface area contributed by atoms with Gasteiger partial charge in [-0.25, -0.2) is 0 Å². The Balaban J connectivity index is 1.96. The van der Waals surface area contributed by atoms with Gasteiger partial charge in [-0.15, -0.1) is 0 Å². The molecule has 1 N–H and O–H groups in total. The van der Waals surface area contributed by atoms with Crippen LogP contribution < -0.4 is 5.32 Å². The molecule has 1 aromatic rings. The van der Waals surface area contributed by atoms with Crippen molar-refractivity contribution in [2.24, 2.45) is 11.8 Å². The summed E-state index contributed by atoms with van der Waals surface area (Å²) in [6.45, 7) is 3.18. The molecule has 2 rings (SSSR count). The molecule has 1 aliphatic rings. The first kappa shape index (κ1) is 17.5. The predicted octanol–water partition coefficient (Wildman–Crippen LogP) is 2.36. The molecule has 1 fully saturated rings. The standard InChI is InChI=1S/C17H27N3O3/c1-3-4-10-18-16(21)14-7-5-6-8-15(14)17(22)20(2)12-13-9-11-19-23-13/h9,11,14-15H,3-8,10,12H2,1-2H3,(H,18,21)/t14-,15+/m1/s1. The number of nitrogens with zero attached hydrogens (tertiary/aromatic N) is 2. The Morgan fingerprint density at radius 2 is 2.09 bits per heavy atom. The zero-order chi connectivity index (χ0) is 16.7. The molecule has 2 amide bonds. The van der Waals surface area contributed by atoms with Gasteiger partial charge in [0.05, 0.1) is 12.7 Å². The van der Waals surface area contributed by atoms with Crippen molar-refractivity contribution >= 4 is 11.8 Å². The molecular formula is C17H27N3O3. The topological polar surface area (TPSA) is 75.4 Å². The van der Waals surface area contributed by atoms with E-state index < -0.39 is 0 Å². The van der Waals surface area contributed by atoms with Crippen molar-refractivity contribution in [2.45, 2.75) is 52.0 Å². The smallest absolute Gasteiger partial charge is 0.226 e. The molecule has 0 aliphatic heterocycles. The van der Waals surface area contributed by atoms with Crippen molar-refractivity contribution in [3.8, 4) is 0 Å². The molecule has 23 heavy (non-hydrogen) atoms. The quantitative estimate of drug-likeness (QED) is 0.782. The van der Waals surface area contributed by atoms with E-state index >= 15 is 0 Å². The van der Waals surface area contributed by atoms with Gasteiger partial charge in [0.1, 0.15) is 0 Å². The molecule has 0 saturated heterocycles. The maximum Gasteiger partial charge on any atom is 0.226 e. The summed E-state index contributed by atoms with van der Waals surface area (Å²) < 4.78 is 5.06. The largest absolute Gasteiger partial charge is 0.360 e. The lowest BCUT2D eigenvalue weighted by Crippen LogP contribution is -2.44. The minimum absolute atomic E-state index is 0.0248. The molecule has 1 aliphatic carbocycles. The first-order valence-corrected chi connectivity index (χ1v) is 8.55. The predicted molar refractivity (Wildman–Crippen MR) is 86.3 cm³/mol. The minimum Gasteiger partial charge on any atom is -0.360 e. The summed E-state index contributed by atoms with van der Waals surface area (Å²) in [5, 5.41) is 6.64. The van der Waals surface area contributed by atoms with Crippen LogP contribution in [0.4, 0.5) is 0 Å². The van der Waals surface area contributed by atoms with E-state index in [-0.39, 0.29) is 23.7 Å². The monoisotopic (exact) mass is 321 g/mol. The molecule has 2 atom stereocenters. The second-order valence-corrected chi connectivity index (χ2v) is 6.32. The molecule has 0 bridgehead atoms. The van der Waals surface area contributed by atoms with Crippen molar-refractivity contribution in [1.82, 2.24) is 15.4 Å². The molecular weight excluding hydrogens is 294 g/mol. The molecule has 128 valence electrons. The summed E-state index contributed by atoms with van der Waals surface area (Å²) in [6, 6.07) is 1.75. The number of rotatable bonds is 7. The zero-order valence-corrected chi connectivity index (χ0v) is 14.1. The van der Waals surface area contributed by atoms with Crippen molar-refractivity contribution in [3.05, 3.63) is 18.0 Å². The van der Waals surface area contributed by atoms with Gasteiger partial charge in [-0.3, -0.25) is 9.59 Å². The number of nitrogens with one attached hydrogen (secondary N) is 1. The molecule has 1 saturated carbocycles. The number of carbonyl (C=O) groups is 2. The Morgan fingerprint density at radius 3 is 2.74 bits per heavy atom. The molecule has 0 unspecified atom stereocenters. The molecule has 0 spiro atoms. The van der Waals surface area contributed by atoms with E-state index in [2.05, 4.69) is 17.4 Å². The van der Waals surface area contributed by atoms with E-state index in [1.807, 2.05) is 0 Å². The number of amides is 2. The molecule has 1 aromatic heterocycles. The second kappa shape index (κ2) is 8.70.